The lowest BCUT2D eigenvalue weighted by Crippen LogP contribution is -1.91. The van der Waals surface area contributed by atoms with Crippen LogP contribution in [0.3, 0.4) is 0 Å². The van der Waals surface area contributed by atoms with Crippen LogP contribution in [-0.2, 0) is 0 Å². The first-order chi connectivity index (χ1) is 2.00. The van der Waals surface area contributed by atoms with Gasteiger partial charge in [-0.25, -0.2) is 0 Å². The van der Waals surface area contributed by atoms with E-state index in [2.05, 4.69) is 0 Å². The first kappa shape index (κ1) is 15.8. The Balaban J connectivity index is -0.0000000800. The summed E-state index contributed by atoms with van der Waals surface area (Å²) in [6.45, 7) is 0. The molecule has 0 unspecified atom stereocenters. The molecule has 0 saturated carbocycles. The lowest BCUT2D eigenvalue weighted by atomic mass is 10.8. The Morgan fingerprint density at radius 3 is 0.857 bits per heavy atom. The minimum atomic E-state index is -2.72. The lowest BCUT2D eigenvalue weighted by Gasteiger charge is -1.85. The maximum absolute atomic E-state index is 4.97. The number of halogens is 4. The Bertz CT molecular complexity index is 27.2. The van der Waals surface area contributed by atoms with Crippen molar-refractivity contribution >= 4 is 58.0 Å². The molecule has 2 N–H and O–H groups in total. The Kier molecular flexibility index (Phi) is 12.5. The molecule has 0 saturated heterocycles. The van der Waals surface area contributed by atoms with Gasteiger partial charge in [0.05, 0.1) is 8.41 Å². The molecule has 0 atom stereocenters. The molecule has 1 nitrogen and oxygen atoms in total. The summed E-state index contributed by atoms with van der Waals surface area (Å²) in [5.74, 6) is 0. The zero-order valence-electron chi connectivity index (χ0n) is 2.51. The summed E-state index contributed by atoms with van der Waals surface area (Å²) in [6.07, 6.45) is 0. The van der Waals surface area contributed by atoms with Crippen LogP contribution in [0.1, 0.15) is 0 Å². The molecule has 0 aromatic heterocycles. The maximum atomic E-state index is 4.97. The second-order valence-electron chi connectivity index (χ2n) is 0.429. The summed E-state index contributed by atoms with van der Waals surface area (Å²) in [6, 6.07) is 0. The van der Waals surface area contributed by atoms with Crippen LogP contribution in [0.4, 0.5) is 0 Å². The molecule has 0 radical (unpaired) electrons. The molecule has 0 aromatic rings. The molecule has 0 aliphatic carbocycles. The minimum Gasteiger partial charge on any atom is -0.412 e. The van der Waals surface area contributed by atoms with Crippen LogP contribution >= 0.6 is 44.3 Å². The first-order valence-corrected chi connectivity index (χ1v) is 6.80. The minimum absolute atomic E-state index is 0. The molecule has 0 aliphatic rings. The van der Waals surface area contributed by atoms with E-state index in [0.717, 1.165) is 0 Å². The van der Waals surface area contributed by atoms with Crippen LogP contribution in [-0.4, -0.2) is 19.2 Å². The summed E-state index contributed by atoms with van der Waals surface area (Å²) in [5.41, 5.74) is 0. The van der Waals surface area contributed by atoms with Gasteiger partial charge in [-0.3, -0.25) is 0 Å². The van der Waals surface area contributed by atoms with Crippen molar-refractivity contribution in [2.45, 2.75) is 0 Å². The van der Waals surface area contributed by atoms with E-state index < -0.39 is 5.31 Å². The van der Waals surface area contributed by atoms with Crippen molar-refractivity contribution in [1.82, 2.24) is 0 Å². The summed E-state index contributed by atoms with van der Waals surface area (Å²) in [7, 11) is 0. The van der Waals surface area contributed by atoms with E-state index >= 15 is 0 Å². The smallest absolute Gasteiger partial charge is 0.412 e. The molecular formula is H5BCl4OSi. The predicted molar refractivity (Wildman–Crippen MR) is 42.7 cm³/mol. The molecule has 0 amide bonds. The maximum Gasteiger partial charge on any atom is 0.440 e. The molecular weight excluding hydrogens is 197 g/mol. The van der Waals surface area contributed by atoms with E-state index in [1.807, 2.05) is 0 Å². The number of rotatable bonds is 0. The summed E-state index contributed by atoms with van der Waals surface area (Å²) < 4.78 is 0. The highest BCUT2D eigenvalue weighted by atomic mass is 36.0. The van der Waals surface area contributed by atoms with Crippen molar-refractivity contribution in [2.75, 3.05) is 0 Å². The van der Waals surface area contributed by atoms with Crippen LogP contribution in [0.2, 0.25) is 0 Å². The lowest BCUT2D eigenvalue weighted by molar-refractivity contribution is 0.824. The van der Waals surface area contributed by atoms with Gasteiger partial charge >= 0.3 is 5.31 Å². The highest BCUT2D eigenvalue weighted by Crippen LogP contribution is 2.23. The highest BCUT2D eigenvalue weighted by Gasteiger charge is 2.19. The third-order valence-electron chi connectivity index (χ3n) is 0. The fraction of sp³-hybridized carbons (Fsp3) is 0. The first-order valence-electron chi connectivity index (χ1n) is 0.756. The molecule has 0 fully saturated rings. The predicted octanol–water partition coefficient (Wildman–Crippen LogP) is 0.369. The van der Waals surface area contributed by atoms with Gasteiger partial charge in [-0.1, -0.05) is 0 Å². The monoisotopic (exact) mass is 200 g/mol. The Morgan fingerprint density at radius 1 is 0.857 bits per heavy atom. The topological polar surface area (TPSA) is 31.5 Å². The van der Waals surface area contributed by atoms with Crippen molar-refractivity contribution in [1.29, 1.82) is 0 Å². The highest BCUT2D eigenvalue weighted by molar-refractivity contribution is 7.81. The largest absolute Gasteiger partial charge is 0.440 e. The van der Waals surface area contributed by atoms with Crippen molar-refractivity contribution in [3.8, 4) is 0 Å². The quantitative estimate of drug-likeness (QED) is 0.401. The Morgan fingerprint density at radius 2 is 0.857 bits per heavy atom. The number of hydrogen-bond acceptors (Lipinski definition) is 0. The van der Waals surface area contributed by atoms with E-state index in [4.69, 9.17) is 44.3 Å². The van der Waals surface area contributed by atoms with Gasteiger partial charge in [0.2, 0.25) is 0 Å². The van der Waals surface area contributed by atoms with Gasteiger partial charge in [-0.15, -0.1) is 44.3 Å². The molecule has 0 spiro atoms. The molecule has 0 aromatic carbocycles. The van der Waals surface area contributed by atoms with Gasteiger partial charge < -0.3 is 5.48 Å². The van der Waals surface area contributed by atoms with Gasteiger partial charge in [0.1, 0.15) is 0 Å². The van der Waals surface area contributed by atoms with Crippen molar-refractivity contribution in [2.24, 2.45) is 0 Å². The van der Waals surface area contributed by atoms with Crippen molar-refractivity contribution in [3.63, 3.8) is 0 Å². The average molecular weight is 202 g/mol. The van der Waals surface area contributed by atoms with Crippen LogP contribution in [0.15, 0.2) is 0 Å². The third kappa shape index (κ3) is 110. The SMILES string of the molecule is B.Cl[Si](Cl)(Cl)Cl.O. The zero-order chi connectivity index (χ0) is 4.50. The summed E-state index contributed by atoms with van der Waals surface area (Å²) in [5, 5.41) is -2.72. The molecule has 0 bridgehead atoms. The average Bonchev–Trinajstić information content (AvgIpc) is 0.722. The molecule has 46 valence electrons. The summed E-state index contributed by atoms with van der Waals surface area (Å²) in [4.78, 5) is 0. The normalized spacial score (nSPS) is 8.57. The fourth-order valence-electron chi connectivity index (χ4n) is 0. The number of hydrogen-bond donors (Lipinski definition) is 0. The second-order valence-corrected chi connectivity index (χ2v) is 11.6. The third-order valence-corrected chi connectivity index (χ3v) is 0. The van der Waals surface area contributed by atoms with Crippen LogP contribution in [0, 0.1) is 0 Å². The molecule has 0 heterocycles. The molecule has 7 heteroatoms. The van der Waals surface area contributed by atoms with E-state index in [1.165, 1.54) is 0 Å². The summed E-state index contributed by atoms with van der Waals surface area (Å²) >= 11 is 19.9. The van der Waals surface area contributed by atoms with E-state index in [1.54, 1.807) is 0 Å². The van der Waals surface area contributed by atoms with Gasteiger partial charge in [0.25, 0.3) is 0 Å². The zero-order valence-corrected chi connectivity index (χ0v) is 6.54. The molecule has 7 heavy (non-hydrogen) atoms. The van der Waals surface area contributed by atoms with E-state index in [9.17, 15) is 0 Å². The van der Waals surface area contributed by atoms with Gasteiger partial charge in [0.15, 0.2) is 0 Å². The fourth-order valence-corrected chi connectivity index (χ4v) is 0. The van der Waals surface area contributed by atoms with E-state index in [0.29, 0.717) is 0 Å². The van der Waals surface area contributed by atoms with Crippen molar-refractivity contribution < 1.29 is 5.48 Å². The van der Waals surface area contributed by atoms with Gasteiger partial charge in [-0.2, -0.15) is 0 Å². The second kappa shape index (κ2) is 5.54. The van der Waals surface area contributed by atoms with Gasteiger partial charge in [0, 0.05) is 0 Å². The standard InChI is InChI=1S/BH3.Cl4Si.H2O/c;1-5(2,3)4;/h1H3;;1H2. The van der Waals surface area contributed by atoms with E-state index in [-0.39, 0.29) is 13.9 Å². The Labute approximate surface area is 63.6 Å². The van der Waals surface area contributed by atoms with Crippen LogP contribution < -0.4 is 0 Å². The Hall–Kier alpha value is 1.40. The van der Waals surface area contributed by atoms with Crippen molar-refractivity contribution in [3.05, 3.63) is 0 Å². The molecule has 0 aliphatic heterocycles. The molecule has 0 rings (SSSR count). The van der Waals surface area contributed by atoms with Gasteiger partial charge in [-0.05, 0) is 0 Å². The van der Waals surface area contributed by atoms with Crippen LogP contribution in [0.5, 0.6) is 0 Å². The van der Waals surface area contributed by atoms with Crippen LogP contribution in [0.25, 0.3) is 0 Å².